The van der Waals surface area contributed by atoms with E-state index >= 15 is 0 Å². The first-order chi connectivity index (χ1) is 9.15. The standard InChI is InChI=1S/C14H22N4O/c1-10-7-11(9-15)8-13(17-10)18-6-4-3-5-12(18)14(19)16-2/h7-8,12H,3-6,9,15H2,1-2H3,(H,16,19). The maximum atomic E-state index is 12.0. The Labute approximate surface area is 114 Å². The van der Waals surface area contributed by atoms with Gasteiger partial charge in [0.1, 0.15) is 11.9 Å². The molecule has 5 heteroatoms. The molecule has 0 bridgehead atoms. The molecule has 1 aliphatic heterocycles. The van der Waals surface area contributed by atoms with Gasteiger partial charge < -0.3 is 16.0 Å². The quantitative estimate of drug-likeness (QED) is 0.851. The maximum Gasteiger partial charge on any atom is 0.242 e. The van der Waals surface area contributed by atoms with Crippen LogP contribution in [0, 0.1) is 6.92 Å². The first-order valence-corrected chi connectivity index (χ1v) is 6.81. The Morgan fingerprint density at radius 1 is 1.53 bits per heavy atom. The van der Waals surface area contributed by atoms with Crippen molar-refractivity contribution in [3.63, 3.8) is 0 Å². The molecule has 1 saturated heterocycles. The second-order valence-electron chi connectivity index (χ2n) is 5.00. The van der Waals surface area contributed by atoms with E-state index in [-0.39, 0.29) is 11.9 Å². The highest BCUT2D eigenvalue weighted by Gasteiger charge is 2.29. The average Bonchev–Trinajstić information content (AvgIpc) is 2.45. The second-order valence-corrected chi connectivity index (χ2v) is 5.00. The Balaban J connectivity index is 2.31. The van der Waals surface area contributed by atoms with Crippen LogP contribution >= 0.6 is 0 Å². The number of nitrogens with one attached hydrogen (secondary N) is 1. The molecular formula is C14H22N4O. The number of nitrogens with two attached hydrogens (primary N) is 1. The minimum atomic E-state index is -0.112. The fourth-order valence-corrected chi connectivity index (χ4v) is 2.63. The van der Waals surface area contributed by atoms with Crippen molar-refractivity contribution in [3.05, 3.63) is 23.4 Å². The van der Waals surface area contributed by atoms with Gasteiger partial charge in [-0.1, -0.05) is 0 Å². The zero-order valence-corrected chi connectivity index (χ0v) is 11.6. The number of hydrogen-bond donors (Lipinski definition) is 2. The SMILES string of the molecule is CNC(=O)C1CCCCN1c1cc(CN)cc(C)n1. The van der Waals surface area contributed by atoms with Crippen molar-refractivity contribution in [3.8, 4) is 0 Å². The van der Waals surface area contributed by atoms with Crippen LogP contribution in [0.1, 0.15) is 30.5 Å². The maximum absolute atomic E-state index is 12.0. The van der Waals surface area contributed by atoms with Crippen molar-refractivity contribution in [2.45, 2.75) is 38.8 Å². The number of nitrogens with zero attached hydrogens (tertiary/aromatic N) is 2. The summed E-state index contributed by atoms with van der Waals surface area (Å²) >= 11 is 0. The van der Waals surface area contributed by atoms with Gasteiger partial charge in [-0.25, -0.2) is 4.98 Å². The Kier molecular flexibility index (Phi) is 4.37. The molecule has 0 spiro atoms. The van der Waals surface area contributed by atoms with E-state index in [4.69, 9.17) is 5.73 Å². The third-order valence-corrected chi connectivity index (χ3v) is 3.58. The van der Waals surface area contributed by atoms with Crippen LogP contribution < -0.4 is 16.0 Å². The number of rotatable bonds is 3. The monoisotopic (exact) mass is 262 g/mol. The number of carbonyl (C=O) groups is 1. The molecule has 1 aliphatic rings. The van der Waals surface area contributed by atoms with Crippen LogP contribution in [-0.4, -0.2) is 30.5 Å². The number of aryl methyl sites for hydroxylation is 1. The zero-order valence-electron chi connectivity index (χ0n) is 11.6. The number of amides is 1. The zero-order chi connectivity index (χ0) is 13.8. The van der Waals surface area contributed by atoms with Crippen LogP contribution in [0.2, 0.25) is 0 Å². The van der Waals surface area contributed by atoms with E-state index in [0.717, 1.165) is 42.9 Å². The van der Waals surface area contributed by atoms with Gasteiger partial charge in [-0.3, -0.25) is 4.79 Å². The van der Waals surface area contributed by atoms with Crippen molar-refractivity contribution in [1.82, 2.24) is 10.3 Å². The normalized spacial score (nSPS) is 19.3. The third kappa shape index (κ3) is 3.04. The Hall–Kier alpha value is -1.62. The fraction of sp³-hybridized carbons (Fsp3) is 0.571. The third-order valence-electron chi connectivity index (χ3n) is 3.58. The number of hydrogen-bond acceptors (Lipinski definition) is 4. The van der Waals surface area contributed by atoms with E-state index in [1.54, 1.807) is 7.05 Å². The van der Waals surface area contributed by atoms with Gasteiger partial charge in [0, 0.05) is 25.8 Å². The van der Waals surface area contributed by atoms with Crippen molar-refractivity contribution in [2.24, 2.45) is 5.73 Å². The molecule has 2 heterocycles. The van der Waals surface area contributed by atoms with E-state index in [1.165, 1.54) is 0 Å². The molecule has 1 aromatic rings. The molecule has 0 aromatic carbocycles. The van der Waals surface area contributed by atoms with Crippen LogP contribution in [0.4, 0.5) is 5.82 Å². The Morgan fingerprint density at radius 2 is 2.32 bits per heavy atom. The molecule has 104 valence electrons. The summed E-state index contributed by atoms with van der Waals surface area (Å²) in [5, 5.41) is 2.74. The number of aromatic nitrogens is 1. The molecule has 5 nitrogen and oxygen atoms in total. The minimum Gasteiger partial charge on any atom is -0.357 e. The topological polar surface area (TPSA) is 71.2 Å². The largest absolute Gasteiger partial charge is 0.357 e. The molecular weight excluding hydrogens is 240 g/mol. The number of likely N-dealkylation sites (N-methyl/N-ethyl adjacent to an activating group) is 1. The summed E-state index contributed by atoms with van der Waals surface area (Å²) in [4.78, 5) is 18.7. The summed E-state index contributed by atoms with van der Waals surface area (Å²) in [6, 6.07) is 3.87. The highest BCUT2D eigenvalue weighted by molar-refractivity contribution is 5.84. The van der Waals surface area contributed by atoms with Crippen molar-refractivity contribution >= 4 is 11.7 Å². The number of anilines is 1. The van der Waals surface area contributed by atoms with E-state index < -0.39 is 0 Å². The second kappa shape index (κ2) is 6.02. The minimum absolute atomic E-state index is 0.0669. The number of carbonyl (C=O) groups excluding carboxylic acids is 1. The molecule has 0 radical (unpaired) electrons. The van der Waals surface area contributed by atoms with Gasteiger partial charge in [0.15, 0.2) is 0 Å². The highest BCUT2D eigenvalue weighted by atomic mass is 16.2. The lowest BCUT2D eigenvalue weighted by Crippen LogP contribution is -2.49. The van der Waals surface area contributed by atoms with Crippen molar-refractivity contribution in [1.29, 1.82) is 0 Å². The van der Waals surface area contributed by atoms with Gasteiger partial charge in [-0.15, -0.1) is 0 Å². The summed E-state index contributed by atoms with van der Waals surface area (Å²) in [5.74, 6) is 0.936. The highest BCUT2D eigenvalue weighted by Crippen LogP contribution is 2.24. The molecule has 1 fully saturated rings. The summed E-state index contributed by atoms with van der Waals surface area (Å²) in [5.41, 5.74) is 7.71. The summed E-state index contributed by atoms with van der Waals surface area (Å²) in [6.45, 7) is 3.33. The van der Waals surface area contributed by atoms with Crippen molar-refractivity contribution in [2.75, 3.05) is 18.5 Å². The molecule has 1 unspecified atom stereocenters. The predicted molar refractivity (Wildman–Crippen MR) is 75.9 cm³/mol. The molecule has 2 rings (SSSR count). The van der Waals surface area contributed by atoms with Crippen LogP contribution in [0.5, 0.6) is 0 Å². The lowest BCUT2D eigenvalue weighted by molar-refractivity contribution is -0.122. The van der Waals surface area contributed by atoms with Crippen LogP contribution in [0.3, 0.4) is 0 Å². The van der Waals surface area contributed by atoms with Gasteiger partial charge in [0.2, 0.25) is 5.91 Å². The number of pyridine rings is 1. The number of piperidine rings is 1. The van der Waals surface area contributed by atoms with Crippen LogP contribution in [-0.2, 0) is 11.3 Å². The van der Waals surface area contributed by atoms with Crippen molar-refractivity contribution < 1.29 is 4.79 Å². The van der Waals surface area contributed by atoms with E-state index in [2.05, 4.69) is 15.2 Å². The van der Waals surface area contributed by atoms with Crippen LogP contribution in [0.15, 0.2) is 12.1 Å². The molecule has 1 aromatic heterocycles. The summed E-state index contributed by atoms with van der Waals surface area (Å²) in [6.07, 6.45) is 3.07. The molecule has 19 heavy (non-hydrogen) atoms. The smallest absolute Gasteiger partial charge is 0.242 e. The van der Waals surface area contributed by atoms with Gasteiger partial charge in [0.05, 0.1) is 0 Å². The van der Waals surface area contributed by atoms with E-state index in [1.807, 2.05) is 19.1 Å². The average molecular weight is 262 g/mol. The Bertz CT molecular complexity index is 461. The van der Waals surface area contributed by atoms with E-state index in [0.29, 0.717) is 6.54 Å². The lowest BCUT2D eigenvalue weighted by atomic mass is 10.0. The van der Waals surface area contributed by atoms with Gasteiger partial charge >= 0.3 is 0 Å². The first-order valence-electron chi connectivity index (χ1n) is 6.81. The fourth-order valence-electron chi connectivity index (χ4n) is 2.63. The van der Waals surface area contributed by atoms with Gasteiger partial charge in [0.25, 0.3) is 0 Å². The molecule has 3 N–H and O–H groups in total. The summed E-state index contributed by atoms with van der Waals surface area (Å²) in [7, 11) is 1.68. The van der Waals surface area contributed by atoms with E-state index in [9.17, 15) is 4.79 Å². The van der Waals surface area contributed by atoms with Gasteiger partial charge in [-0.05, 0) is 43.9 Å². The predicted octanol–water partition coefficient (Wildman–Crippen LogP) is 0.954. The first kappa shape index (κ1) is 13.8. The van der Waals surface area contributed by atoms with Gasteiger partial charge in [-0.2, -0.15) is 0 Å². The molecule has 0 aliphatic carbocycles. The molecule has 0 saturated carbocycles. The lowest BCUT2D eigenvalue weighted by Gasteiger charge is -2.35. The summed E-state index contributed by atoms with van der Waals surface area (Å²) < 4.78 is 0. The Morgan fingerprint density at radius 3 is 3.00 bits per heavy atom. The van der Waals surface area contributed by atoms with Crippen LogP contribution in [0.25, 0.3) is 0 Å². The molecule has 1 amide bonds. The molecule has 1 atom stereocenters.